The zero-order valence-electron chi connectivity index (χ0n) is 9.67. The van der Waals surface area contributed by atoms with Crippen LogP contribution in [0.2, 0.25) is 0 Å². The minimum atomic E-state index is 0.113. The summed E-state index contributed by atoms with van der Waals surface area (Å²) in [5.74, 6) is 1.11. The van der Waals surface area contributed by atoms with Crippen molar-refractivity contribution in [2.45, 2.75) is 33.9 Å². The Morgan fingerprint density at radius 2 is 1.80 bits per heavy atom. The van der Waals surface area contributed by atoms with Crippen LogP contribution in [0.4, 0.5) is 0 Å². The van der Waals surface area contributed by atoms with Crippen LogP contribution in [0.1, 0.15) is 31.9 Å². The predicted molar refractivity (Wildman–Crippen MR) is 63.9 cm³/mol. The number of benzene rings is 1. The summed E-state index contributed by atoms with van der Waals surface area (Å²) in [7, 11) is 0. The summed E-state index contributed by atoms with van der Waals surface area (Å²) in [5.41, 5.74) is 2.81. The Morgan fingerprint density at radius 3 is 2.47 bits per heavy atom. The van der Waals surface area contributed by atoms with Gasteiger partial charge in [-0.05, 0) is 11.1 Å². The Hall–Kier alpha value is -1.31. The Morgan fingerprint density at radius 1 is 1.13 bits per heavy atom. The molecular weight excluding hydrogens is 184 g/mol. The van der Waals surface area contributed by atoms with Crippen LogP contribution in [-0.2, 0) is 13.1 Å². The summed E-state index contributed by atoms with van der Waals surface area (Å²) >= 11 is 0. The molecule has 2 nitrogen and oxygen atoms in total. The second-order valence-corrected chi connectivity index (χ2v) is 5.04. The third kappa shape index (κ3) is 2.20. The van der Waals surface area contributed by atoms with E-state index in [0.717, 1.165) is 18.9 Å². The van der Waals surface area contributed by atoms with Gasteiger partial charge in [0.25, 0.3) is 0 Å². The van der Waals surface area contributed by atoms with Gasteiger partial charge in [-0.15, -0.1) is 0 Å². The van der Waals surface area contributed by atoms with Crippen molar-refractivity contribution in [1.82, 2.24) is 5.32 Å². The largest absolute Gasteiger partial charge is 0.369 e. The number of nitrogens with zero attached hydrogens (tertiary/aromatic N) is 1. The number of hydrogen-bond donors (Lipinski definition) is 1. The first-order valence-corrected chi connectivity index (χ1v) is 5.43. The molecule has 80 valence electrons. The molecular formula is C13H18N2. The Kier molecular flexibility index (Phi) is 2.51. The maximum atomic E-state index is 4.64. The van der Waals surface area contributed by atoms with Crippen LogP contribution in [0, 0.1) is 5.41 Å². The topological polar surface area (TPSA) is 24.4 Å². The predicted octanol–water partition coefficient (Wildman–Crippen LogP) is 2.73. The van der Waals surface area contributed by atoms with Crippen molar-refractivity contribution in [2.75, 3.05) is 0 Å². The van der Waals surface area contributed by atoms with Gasteiger partial charge in [0.05, 0.1) is 6.54 Å². The van der Waals surface area contributed by atoms with Crippen molar-refractivity contribution in [3.8, 4) is 0 Å². The minimum absolute atomic E-state index is 0.113. The second-order valence-electron chi connectivity index (χ2n) is 5.04. The van der Waals surface area contributed by atoms with Crippen LogP contribution in [0.3, 0.4) is 0 Å². The number of hydrogen-bond acceptors (Lipinski definition) is 2. The fourth-order valence-corrected chi connectivity index (χ4v) is 1.79. The summed E-state index contributed by atoms with van der Waals surface area (Å²) in [5, 5.41) is 3.43. The fourth-order valence-electron chi connectivity index (χ4n) is 1.79. The molecule has 0 aromatic heterocycles. The van der Waals surface area contributed by atoms with Crippen molar-refractivity contribution < 1.29 is 0 Å². The standard InChI is InChI=1S/C13H18N2/c1-13(2,3)12-14-8-10-6-4-5-7-11(10)9-15-12/h4-7H,8-9H2,1-3H3,(H,14,15). The molecule has 1 aliphatic rings. The third-order valence-electron chi connectivity index (χ3n) is 2.68. The van der Waals surface area contributed by atoms with E-state index in [2.05, 4.69) is 55.3 Å². The highest BCUT2D eigenvalue weighted by Crippen LogP contribution is 2.19. The Labute approximate surface area is 91.4 Å². The van der Waals surface area contributed by atoms with Crippen LogP contribution in [-0.4, -0.2) is 5.84 Å². The summed E-state index contributed by atoms with van der Waals surface area (Å²) in [4.78, 5) is 4.64. The SMILES string of the molecule is CC(C)(C)C1=NCc2ccccc2CN1. The molecule has 0 radical (unpaired) electrons. The Bertz CT molecular complexity index is 386. The number of amidine groups is 1. The molecule has 1 N–H and O–H groups in total. The van der Waals surface area contributed by atoms with E-state index >= 15 is 0 Å². The average molecular weight is 202 g/mol. The van der Waals surface area contributed by atoms with E-state index in [9.17, 15) is 0 Å². The molecule has 0 spiro atoms. The monoisotopic (exact) mass is 202 g/mol. The highest BCUT2D eigenvalue weighted by molar-refractivity contribution is 5.87. The molecule has 0 bridgehead atoms. The molecule has 1 heterocycles. The zero-order chi connectivity index (χ0) is 10.9. The summed E-state index contributed by atoms with van der Waals surface area (Å²) in [6.07, 6.45) is 0. The van der Waals surface area contributed by atoms with Crippen molar-refractivity contribution in [3.05, 3.63) is 35.4 Å². The van der Waals surface area contributed by atoms with Crippen LogP contribution < -0.4 is 5.32 Å². The second kappa shape index (κ2) is 3.69. The van der Waals surface area contributed by atoms with Crippen LogP contribution in [0.25, 0.3) is 0 Å². The molecule has 1 aromatic rings. The molecule has 0 aliphatic carbocycles. The van der Waals surface area contributed by atoms with Gasteiger partial charge in [0.2, 0.25) is 0 Å². The summed E-state index contributed by atoms with van der Waals surface area (Å²) in [6, 6.07) is 8.49. The molecule has 2 heteroatoms. The number of nitrogens with one attached hydrogen (secondary N) is 1. The molecule has 0 saturated carbocycles. The van der Waals surface area contributed by atoms with E-state index in [4.69, 9.17) is 0 Å². The van der Waals surface area contributed by atoms with Gasteiger partial charge in [-0.25, -0.2) is 0 Å². The highest BCUT2D eigenvalue weighted by atomic mass is 15.0. The molecule has 0 amide bonds. The molecule has 2 rings (SSSR count). The van der Waals surface area contributed by atoms with Crippen LogP contribution in [0.15, 0.2) is 29.3 Å². The van der Waals surface area contributed by atoms with Gasteiger partial charge in [-0.3, -0.25) is 4.99 Å². The van der Waals surface area contributed by atoms with Crippen LogP contribution in [0.5, 0.6) is 0 Å². The third-order valence-corrected chi connectivity index (χ3v) is 2.68. The van der Waals surface area contributed by atoms with E-state index in [1.165, 1.54) is 11.1 Å². The van der Waals surface area contributed by atoms with Crippen molar-refractivity contribution in [2.24, 2.45) is 10.4 Å². The lowest BCUT2D eigenvalue weighted by Crippen LogP contribution is -2.33. The first kappa shape index (κ1) is 10.2. The number of fused-ring (bicyclic) bond motifs is 1. The van der Waals surface area contributed by atoms with Gasteiger partial charge in [-0.1, -0.05) is 45.0 Å². The molecule has 0 unspecified atom stereocenters. The summed E-state index contributed by atoms with van der Waals surface area (Å²) in [6.45, 7) is 8.26. The Balaban J connectivity index is 2.26. The highest BCUT2D eigenvalue weighted by Gasteiger charge is 2.20. The fraction of sp³-hybridized carbons (Fsp3) is 0.462. The minimum Gasteiger partial charge on any atom is -0.369 e. The van der Waals surface area contributed by atoms with Crippen molar-refractivity contribution in [3.63, 3.8) is 0 Å². The molecule has 0 atom stereocenters. The van der Waals surface area contributed by atoms with Gasteiger partial charge in [0.1, 0.15) is 5.84 Å². The molecule has 1 aliphatic heterocycles. The maximum Gasteiger partial charge on any atom is 0.102 e. The van der Waals surface area contributed by atoms with E-state index < -0.39 is 0 Å². The van der Waals surface area contributed by atoms with Gasteiger partial charge in [-0.2, -0.15) is 0 Å². The van der Waals surface area contributed by atoms with E-state index in [0.29, 0.717) is 0 Å². The van der Waals surface area contributed by atoms with Gasteiger partial charge < -0.3 is 5.32 Å². The van der Waals surface area contributed by atoms with Gasteiger partial charge in [0.15, 0.2) is 0 Å². The smallest absolute Gasteiger partial charge is 0.102 e. The molecule has 0 fully saturated rings. The molecule has 1 aromatic carbocycles. The lowest BCUT2D eigenvalue weighted by Gasteiger charge is -2.21. The lowest BCUT2D eigenvalue weighted by atomic mass is 9.95. The normalized spacial score (nSPS) is 16.1. The number of aliphatic imine (C=N–C) groups is 1. The van der Waals surface area contributed by atoms with Crippen LogP contribution >= 0.6 is 0 Å². The first-order valence-electron chi connectivity index (χ1n) is 5.43. The first-order chi connectivity index (χ1) is 7.07. The van der Waals surface area contributed by atoms with E-state index in [1.54, 1.807) is 0 Å². The van der Waals surface area contributed by atoms with Gasteiger partial charge in [0, 0.05) is 12.0 Å². The average Bonchev–Trinajstić information content (AvgIpc) is 2.38. The quantitative estimate of drug-likeness (QED) is 0.687. The molecule has 0 saturated heterocycles. The maximum absolute atomic E-state index is 4.64. The van der Waals surface area contributed by atoms with Gasteiger partial charge >= 0.3 is 0 Å². The van der Waals surface area contributed by atoms with E-state index in [-0.39, 0.29) is 5.41 Å². The number of rotatable bonds is 0. The zero-order valence-corrected chi connectivity index (χ0v) is 9.67. The van der Waals surface area contributed by atoms with E-state index in [1.807, 2.05) is 0 Å². The summed E-state index contributed by atoms with van der Waals surface area (Å²) < 4.78 is 0. The lowest BCUT2D eigenvalue weighted by molar-refractivity contribution is 0.561. The van der Waals surface area contributed by atoms with Crippen molar-refractivity contribution in [1.29, 1.82) is 0 Å². The van der Waals surface area contributed by atoms with Crippen molar-refractivity contribution >= 4 is 5.84 Å². The molecule has 15 heavy (non-hydrogen) atoms.